The standard InChI is InChI=1S/C16H24N2O2/c1-12-8-16(17,10-15(19)20)9-13(2)18(12)11-14-6-4-3-5-7-14/h3-7,12-13H,8-11,17H2,1-2H3,(H,19,20)/t12-,13+,16?. The van der Waals surface area contributed by atoms with E-state index in [0.29, 0.717) is 12.1 Å². The lowest BCUT2D eigenvalue weighted by Gasteiger charge is -2.47. The maximum Gasteiger partial charge on any atom is 0.305 e. The molecule has 1 aliphatic rings. The van der Waals surface area contributed by atoms with Crippen LogP contribution in [0.5, 0.6) is 0 Å². The van der Waals surface area contributed by atoms with E-state index in [1.807, 2.05) is 18.2 Å². The van der Waals surface area contributed by atoms with E-state index < -0.39 is 11.5 Å². The van der Waals surface area contributed by atoms with Gasteiger partial charge < -0.3 is 10.8 Å². The van der Waals surface area contributed by atoms with Gasteiger partial charge in [0, 0.05) is 24.2 Å². The number of aliphatic carboxylic acids is 1. The molecule has 110 valence electrons. The van der Waals surface area contributed by atoms with E-state index in [1.54, 1.807) is 0 Å². The van der Waals surface area contributed by atoms with Crippen LogP contribution in [0.25, 0.3) is 0 Å². The molecule has 4 nitrogen and oxygen atoms in total. The molecule has 0 bridgehead atoms. The van der Waals surface area contributed by atoms with E-state index in [1.165, 1.54) is 5.56 Å². The maximum atomic E-state index is 11.0. The number of carboxylic acids is 1. The van der Waals surface area contributed by atoms with E-state index in [9.17, 15) is 4.79 Å². The van der Waals surface area contributed by atoms with Gasteiger partial charge in [0.05, 0.1) is 6.42 Å². The Hall–Kier alpha value is -1.39. The van der Waals surface area contributed by atoms with E-state index in [0.717, 1.165) is 19.4 Å². The smallest absolute Gasteiger partial charge is 0.305 e. The number of piperidine rings is 1. The fourth-order valence-corrected chi connectivity index (χ4v) is 3.48. The Balaban J connectivity index is 2.05. The van der Waals surface area contributed by atoms with Gasteiger partial charge in [0.15, 0.2) is 0 Å². The molecule has 0 amide bonds. The van der Waals surface area contributed by atoms with Crippen LogP contribution in [0.1, 0.15) is 38.7 Å². The lowest BCUT2D eigenvalue weighted by molar-refractivity contribution is -0.139. The van der Waals surface area contributed by atoms with Crippen LogP contribution in [-0.4, -0.2) is 33.6 Å². The summed E-state index contributed by atoms with van der Waals surface area (Å²) in [5, 5.41) is 9.01. The van der Waals surface area contributed by atoms with Crippen LogP contribution in [0.4, 0.5) is 0 Å². The largest absolute Gasteiger partial charge is 0.481 e. The first-order valence-electron chi connectivity index (χ1n) is 7.20. The zero-order valence-corrected chi connectivity index (χ0v) is 12.2. The second-order valence-corrected chi connectivity index (χ2v) is 6.20. The molecule has 1 saturated heterocycles. The molecule has 3 atom stereocenters. The molecule has 1 aromatic rings. The number of carboxylic acid groups (broad SMARTS) is 1. The second kappa shape index (κ2) is 5.94. The molecule has 1 unspecified atom stereocenters. The average molecular weight is 276 g/mol. The van der Waals surface area contributed by atoms with Gasteiger partial charge in [-0.2, -0.15) is 0 Å². The summed E-state index contributed by atoms with van der Waals surface area (Å²) >= 11 is 0. The summed E-state index contributed by atoms with van der Waals surface area (Å²) in [4.78, 5) is 13.4. The quantitative estimate of drug-likeness (QED) is 0.885. The van der Waals surface area contributed by atoms with E-state index in [4.69, 9.17) is 10.8 Å². The molecule has 1 heterocycles. The van der Waals surface area contributed by atoms with E-state index >= 15 is 0 Å². The molecule has 0 saturated carbocycles. The first kappa shape index (κ1) is 15.0. The van der Waals surface area contributed by atoms with Crippen LogP contribution < -0.4 is 5.73 Å². The molecule has 1 aliphatic heterocycles. The Kier molecular flexibility index (Phi) is 4.45. The minimum Gasteiger partial charge on any atom is -0.481 e. The summed E-state index contributed by atoms with van der Waals surface area (Å²) in [6, 6.07) is 11.0. The summed E-state index contributed by atoms with van der Waals surface area (Å²) in [5.41, 5.74) is 7.00. The van der Waals surface area contributed by atoms with Gasteiger partial charge >= 0.3 is 5.97 Å². The number of hydrogen-bond acceptors (Lipinski definition) is 3. The summed E-state index contributed by atoms with van der Waals surface area (Å²) in [5.74, 6) is -0.802. The second-order valence-electron chi connectivity index (χ2n) is 6.20. The first-order chi connectivity index (χ1) is 9.39. The van der Waals surface area contributed by atoms with Crippen LogP contribution in [0.2, 0.25) is 0 Å². The first-order valence-corrected chi connectivity index (χ1v) is 7.20. The predicted octanol–water partition coefficient (Wildman–Crippen LogP) is 2.23. The van der Waals surface area contributed by atoms with Gasteiger partial charge in [-0.3, -0.25) is 9.69 Å². The van der Waals surface area contributed by atoms with E-state index in [-0.39, 0.29) is 6.42 Å². The van der Waals surface area contributed by atoms with E-state index in [2.05, 4.69) is 30.9 Å². The van der Waals surface area contributed by atoms with Gasteiger partial charge in [-0.1, -0.05) is 30.3 Å². The average Bonchev–Trinajstić information content (AvgIpc) is 2.33. The van der Waals surface area contributed by atoms with Crippen molar-refractivity contribution in [1.82, 2.24) is 4.90 Å². The fraction of sp³-hybridized carbons (Fsp3) is 0.562. The van der Waals surface area contributed by atoms with Gasteiger partial charge in [-0.25, -0.2) is 0 Å². The lowest BCUT2D eigenvalue weighted by Crippen LogP contribution is -2.58. The molecule has 4 heteroatoms. The predicted molar refractivity (Wildman–Crippen MR) is 79.3 cm³/mol. The molecule has 0 aromatic heterocycles. The Morgan fingerprint density at radius 1 is 1.30 bits per heavy atom. The molecule has 0 aliphatic carbocycles. The van der Waals surface area contributed by atoms with Crippen molar-refractivity contribution in [3.63, 3.8) is 0 Å². The molecule has 0 radical (unpaired) electrons. The van der Waals surface area contributed by atoms with Crippen molar-refractivity contribution in [1.29, 1.82) is 0 Å². The highest BCUT2D eigenvalue weighted by atomic mass is 16.4. The minimum absolute atomic E-state index is 0.0564. The molecule has 20 heavy (non-hydrogen) atoms. The van der Waals surface area contributed by atoms with Gasteiger partial charge in [0.2, 0.25) is 0 Å². The van der Waals surface area contributed by atoms with Gasteiger partial charge in [0.1, 0.15) is 0 Å². The highest BCUT2D eigenvalue weighted by Crippen LogP contribution is 2.32. The Bertz CT molecular complexity index is 449. The van der Waals surface area contributed by atoms with Crippen molar-refractivity contribution in [3.05, 3.63) is 35.9 Å². The van der Waals surface area contributed by atoms with Crippen molar-refractivity contribution < 1.29 is 9.90 Å². The van der Waals surface area contributed by atoms with Crippen molar-refractivity contribution in [2.45, 2.75) is 57.3 Å². The monoisotopic (exact) mass is 276 g/mol. The zero-order valence-electron chi connectivity index (χ0n) is 12.2. The minimum atomic E-state index is -0.802. The fourth-order valence-electron chi connectivity index (χ4n) is 3.48. The SMILES string of the molecule is C[C@@H]1CC(N)(CC(=O)O)C[C@H](C)N1Cc1ccccc1. The molecule has 1 fully saturated rings. The number of nitrogens with two attached hydrogens (primary N) is 1. The van der Waals surface area contributed by atoms with Crippen molar-refractivity contribution in [3.8, 4) is 0 Å². The van der Waals surface area contributed by atoms with Crippen molar-refractivity contribution >= 4 is 5.97 Å². The summed E-state index contributed by atoms with van der Waals surface area (Å²) in [6.07, 6.45) is 1.52. The van der Waals surface area contributed by atoms with Crippen molar-refractivity contribution in [2.75, 3.05) is 0 Å². The highest BCUT2D eigenvalue weighted by molar-refractivity contribution is 5.68. The summed E-state index contributed by atoms with van der Waals surface area (Å²) in [7, 11) is 0. The van der Waals surface area contributed by atoms with Gasteiger partial charge in [-0.05, 0) is 32.3 Å². The third kappa shape index (κ3) is 3.58. The zero-order chi connectivity index (χ0) is 14.8. The van der Waals surface area contributed by atoms with Crippen LogP contribution in [0.15, 0.2) is 30.3 Å². The third-order valence-corrected chi connectivity index (χ3v) is 4.25. The van der Waals surface area contributed by atoms with Crippen LogP contribution in [0, 0.1) is 0 Å². The molecule has 0 spiro atoms. The number of likely N-dealkylation sites (tertiary alicyclic amines) is 1. The van der Waals surface area contributed by atoms with Crippen LogP contribution in [-0.2, 0) is 11.3 Å². The maximum absolute atomic E-state index is 11.0. The topological polar surface area (TPSA) is 66.6 Å². The summed E-state index contributed by atoms with van der Waals surface area (Å²) < 4.78 is 0. The third-order valence-electron chi connectivity index (χ3n) is 4.25. The Morgan fingerprint density at radius 3 is 2.35 bits per heavy atom. The normalized spacial score (nSPS) is 31.1. The number of benzene rings is 1. The number of carbonyl (C=O) groups is 1. The van der Waals surface area contributed by atoms with Gasteiger partial charge in [-0.15, -0.1) is 0 Å². The molecule has 1 aromatic carbocycles. The van der Waals surface area contributed by atoms with Gasteiger partial charge in [0.25, 0.3) is 0 Å². The molecule has 3 N–H and O–H groups in total. The summed E-state index contributed by atoms with van der Waals surface area (Å²) in [6.45, 7) is 5.18. The lowest BCUT2D eigenvalue weighted by atomic mass is 9.78. The molecular weight excluding hydrogens is 252 g/mol. The highest BCUT2D eigenvalue weighted by Gasteiger charge is 2.40. The van der Waals surface area contributed by atoms with Crippen LogP contribution >= 0.6 is 0 Å². The Labute approximate surface area is 120 Å². The number of rotatable bonds is 4. The Morgan fingerprint density at radius 2 is 1.85 bits per heavy atom. The van der Waals surface area contributed by atoms with Crippen LogP contribution in [0.3, 0.4) is 0 Å². The number of nitrogens with zero attached hydrogens (tertiary/aromatic N) is 1. The molecular formula is C16H24N2O2. The number of hydrogen-bond donors (Lipinski definition) is 2. The molecule has 2 rings (SSSR count). The van der Waals surface area contributed by atoms with Crippen molar-refractivity contribution in [2.24, 2.45) is 5.73 Å².